The molecule has 0 radical (unpaired) electrons. The smallest absolute Gasteiger partial charge is 0.296 e. The summed E-state index contributed by atoms with van der Waals surface area (Å²) in [6.45, 7) is 2.37. The van der Waals surface area contributed by atoms with E-state index in [0.717, 1.165) is 0 Å². The fourth-order valence-electron chi connectivity index (χ4n) is 0.252. The van der Waals surface area contributed by atoms with Gasteiger partial charge < -0.3 is 5.11 Å². The lowest BCUT2D eigenvalue weighted by Crippen LogP contribution is -2.37. The second-order valence-electron chi connectivity index (χ2n) is 2.18. The van der Waals surface area contributed by atoms with Crippen LogP contribution in [0.1, 0.15) is 13.8 Å². The summed E-state index contributed by atoms with van der Waals surface area (Å²) >= 11 is 0. The van der Waals surface area contributed by atoms with Gasteiger partial charge in [0.2, 0.25) is 0 Å². The molecule has 0 aliphatic rings. The van der Waals surface area contributed by atoms with Gasteiger partial charge >= 0.3 is 0 Å². The molecule has 0 spiro atoms. The average molecular weight is 142 g/mol. The maximum atomic E-state index is 12.1. The highest BCUT2D eigenvalue weighted by molar-refractivity contribution is 4.71. The van der Waals surface area contributed by atoms with Crippen molar-refractivity contribution in [3.63, 3.8) is 0 Å². The van der Waals surface area contributed by atoms with Crippen LogP contribution >= 0.6 is 0 Å². The summed E-state index contributed by atoms with van der Waals surface area (Å²) in [7, 11) is 0. The van der Waals surface area contributed by atoms with Crippen LogP contribution in [-0.2, 0) is 0 Å². The molecule has 56 valence electrons. The Balaban J connectivity index is 4.01. The lowest BCUT2D eigenvalue weighted by Gasteiger charge is -2.21. The van der Waals surface area contributed by atoms with E-state index in [1.807, 2.05) is 0 Å². The summed E-state index contributed by atoms with van der Waals surface area (Å²) < 4.78 is 35.0. The van der Waals surface area contributed by atoms with Gasteiger partial charge in [-0.3, -0.25) is 0 Å². The fraction of sp³-hybridized carbons (Fsp3) is 1.00. The third kappa shape index (κ3) is 1.86. The Bertz CT molecular complexity index is 80.2. The predicted molar refractivity (Wildman–Crippen MR) is 26.9 cm³/mol. The van der Waals surface area contributed by atoms with Gasteiger partial charge in [-0.05, 0) is 0 Å². The average Bonchev–Trinajstić information content (AvgIpc) is 1.65. The normalized spacial score (nSPS) is 18.7. The molecule has 0 aromatic rings. The minimum atomic E-state index is -3.33. The van der Waals surface area contributed by atoms with Crippen LogP contribution in [0.2, 0.25) is 0 Å². The number of rotatable bonds is 2. The summed E-state index contributed by atoms with van der Waals surface area (Å²) in [5, 5.41) is 8.25. The van der Waals surface area contributed by atoms with Crippen molar-refractivity contribution in [3.05, 3.63) is 0 Å². The summed E-state index contributed by atoms with van der Waals surface area (Å²) in [5.74, 6) is -4.41. The molecule has 1 nitrogen and oxygen atoms in total. The van der Waals surface area contributed by atoms with Crippen LogP contribution in [0.25, 0.3) is 0 Å². The largest absolute Gasteiger partial charge is 0.357 e. The molecule has 9 heavy (non-hydrogen) atoms. The van der Waals surface area contributed by atoms with Crippen molar-refractivity contribution in [1.82, 2.24) is 0 Å². The van der Waals surface area contributed by atoms with E-state index in [2.05, 4.69) is 0 Å². The third-order valence-corrected chi connectivity index (χ3v) is 1.12. The zero-order valence-electron chi connectivity index (χ0n) is 5.24. The molecule has 1 unspecified atom stereocenters. The van der Waals surface area contributed by atoms with Crippen molar-refractivity contribution < 1.29 is 18.3 Å². The maximum Gasteiger partial charge on any atom is 0.296 e. The molecule has 0 fully saturated rings. The molecule has 0 saturated heterocycles. The molecule has 0 aliphatic heterocycles. The first-order chi connectivity index (χ1) is 3.89. The summed E-state index contributed by atoms with van der Waals surface area (Å²) in [5.41, 5.74) is 0. The van der Waals surface area contributed by atoms with E-state index in [1.165, 1.54) is 13.8 Å². The lowest BCUT2D eigenvalue weighted by molar-refractivity contribution is -0.212. The number of aliphatic hydroxyl groups is 1. The van der Waals surface area contributed by atoms with Crippen molar-refractivity contribution in [1.29, 1.82) is 0 Å². The lowest BCUT2D eigenvalue weighted by atomic mass is 10.1. The van der Waals surface area contributed by atoms with Crippen molar-refractivity contribution in [2.24, 2.45) is 5.92 Å². The Labute approximate surface area is 51.5 Å². The van der Waals surface area contributed by atoms with Crippen molar-refractivity contribution in [3.8, 4) is 0 Å². The zero-order valence-corrected chi connectivity index (χ0v) is 5.24. The number of alkyl halides is 3. The van der Waals surface area contributed by atoms with Crippen LogP contribution in [-0.4, -0.2) is 17.4 Å². The Morgan fingerprint density at radius 3 is 1.67 bits per heavy atom. The summed E-state index contributed by atoms with van der Waals surface area (Å²) in [4.78, 5) is 0. The van der Waals surface area contributed by atoms with Crippen molar-refractivity contribution in [2.75, 3.05) is 0 Å². The summed E-state index contributed by atoms with van der Waals surface area (Å²) in [6, 6.07) is 0. The number of hydrogen-bond acceptors (Lipinski definition) is 1. The Morgan fingerprint density at radius 1 is 1.33 bits per heavy atom. The Morgan fingerprint density at radius 2 is 1.67 bits per heavy atom. The van der Waals surface area contributed by atoms with Crippen molar-refractivity contribution in [2.45, 2.75) is 26.1 Å². The highest BCUT2D eigenvalue weighted by Crippen LogP contribution is 2.25. The molecule has 1 atom stereocenters. The van der Waals surface area contributed by atoms with Gasteiger partial charge in [-0.1, -0.05) is 13.8 Å². The van der Waals surface area contributed by atoms with E-state index < -0.39 is 18.2 Å². The van der Waals surface area contributed by atoms with Gasteiger partial charge in [0.15, 0.2) is 0 Å². The third-order valence-electron chi connectivity index (χ3n) is 1.12. The van der Waals surface area contributed by atoms with Crippen LogP contribution in [0.4, 0.5) is 13.2 Å². The van der Waals surface area contributed by atoms with E-state index in [-0.39, 0.29) is 0 Å². The van der Waals surface area contributed by atoms with E-state index in [0.29, 0.717) is 0 Å². The van der Waals surface area contributed by atoms with Crippen LogP contribution < -0.4 is 0 Å². The highest BCUT2D eigenvalue weighted by atomic mass is 19.3. The summed E-state index contributed by atoms with van der Waals surface area (Å²) in [6.07, 6.45) is -3.32. The zero-order chi connectivity index (χ0) is 7.65. The molecule has 0 aliphatic carbocycles. The van der Waals surface area contributed by atoms with Gasteiger partial charge in [0.25, 0.3) is 12.3 Å². The Kier molecular flexibility index (Phi) is 2.49. The van der Waals surface area contributed by atoms with Gasteiger partial charge in [-0.25, -0.2) is 13.2 Å². The van der Waals surface area contributed by atoms with Gasteiger partial charge in [-0.2, -0.15) is 0 Å². The fourth-order valence-corrected chi connectivity index (χ4v) is 0.252. The van der Waals surface area contributed by atoms with Crippen LogP contribution in [0.5, 0.6) is 0 Å². The Hall–Kier alpha value is -0.250. The molecule has 0 saturated carbocycles. The molecule has 0 aromatic heterocycles. The molecule has 0 heterocycles. The standard InChI is InChI=1S/C5H9F3O/c1-3(2)5(8,9)4(6)7/h3-4,9H,1-2H3. The van der Waals surface area contributed by atoms with E-state index in [1.54, 1.807) is 0 Å². The predicted octanol–water partition coefficient (Wildman–Crippen LogP) is 1.57. The number of hydrogen-bond donors (Lipinski definition) is 1. The SMILES string of the molecule is CC(C)C(O)(F)C(F)F. The molecular weight excluding hydrogens is 133 g/mol. The first-order valence-electron chi connectivity index (χ1n) is 2.58. The first kappa shape index (κ1) is 8.75. The monoisotopic (exact) mass is 142 g/mol. The molecule has 4 heteroatoms. The van der Waals surface area contributed by atoms with Gasteiger partial charge in [0.05, 0.1) is 0 Å². The van der Waals surface area contributed by atoms with Crippen molar-refractivity contribution >= 4 is 0 Å². The molecule has 0 aromatic carbocycles. The molecule has 1 N–H and O–H groups in total. The van der Waals surface area contributed by atoms with Gasteiger partial charge in [0, 0.05) is 5.92 Å². The first-order valence-corrected chi connectivity index (χ1v) is 2.58. The highest BCUT2D eigenvalue weighted by Gasteiger charge is 2.40. The van der Waals surface area contributed by atoms with Crippen LogP contribution in [0.3, 0.4) is 0 Å². The minimum absolute atomic E-state index is 1.07. The molecular formula is C5H9F3O. The van der Waals surface area contributed by atoms with E-state index in [9.17, 15) is 13.2 Å². The second kappa shape index (κ2) is 2.56. The molecule has 0 bridgehead atoms. The van der Waals surface area contributed by atoms with Gasteiger partial charge in [-0.15, -0.1) is 0 Å². The molecule has 0 rings (SSSR count). The quantitative estimate of drug-likeness (QED) is 0.620. The second-order valence-corrected chi connectivity index (χ2v) is 2.18. The maximum absolute atomic E-state index is 12.1. The van der Waals surface area contributed by atoms with Gasteiger partial charge in [0.1, 0.15) is 0 Å². The number of halogens is 3. The van der Waals surface area contributed by atoms with E-state index >= 15 is 0 Å². The minimum Gasteiger partial charge on any atom is -0.357 e. The topological polar surface area (TPSA) is 20.2 Å². The molecule has 0 amide bonds. The van der Waals surface area contributed by atoms with E-state index in [4.69, 9.17) is 5.11 Å². The van der Waals surface area contributed by atoms with Crippen LogP contribution in [0, 0.1) is 5.92 Å². The van der Waals surface area contributed by atoms with Crippen LogP contribution in [0.15, 0.2) is 0 Å².